The summed E-state index contributed by atoms with van der Waals surface area (Å²) in [5.74, 6) is -1.18. The largest absolute Gasteiger partial charge is 0.289 e. The third-order valence-electron chi connectivity index (χ3n) is 2.90. The first-order chi connectivity index (χ1) is 8.90. The average Bonchev–Trinajstić information content (AvgIpc) is 2.30. The van der Waals surface area contributed by atoms with Gasteiger partial charge in [-0.3, -0.25) is 4.79 Å². The fraction of sp³-hybridized carbons (Fsp3) is 0.133. The van der Waals surface area contributed by atoms with Crippen LogP contribution in [0.25, 0.3) is 0 Å². The molecule has 0 aromatic heterocycles. The lowest BCUT2D eigenvalue weighted by atomic mass is 9.94. The lowest BCUT2D eigenvalue weighted by Gasteiger charge is -2.10. The van der Waals surface area contributed by atoms with E-state index in [1.54, 1.807) is 13.8 Å². The maximum atomic E-state index is 13.3. The van der Waals surface area contributed by atoms with Gasteiger partial charge in [-0.1, -0.05) is 15.9 Å². The number of carbonyl (C=O) groups excluding carboxylic acids is 1. The van der Waals surface area contributed by atoms with Crippen LogP contribution in [0.15, 0.2) is 34.8 Å². The van der Waals surface area contributed by atoms with Crippen molar-refractivity contribution in [2.45, 2.75) is 13.8 Å². The van der Waals surface area contributed by atoms with Crippen LogP contribution in [-0.2, 0) is 0 Å². The Kier molecular flexibility index (Phi) is 3.80. The minimum atomic E-state index is -0.482. The number of halogens is 3. The molecule has 0 unspecified atom stereocenters. The summed E-state index contributed by atoms with van der Waals surface area (Å²) in [6.07, 6.45) is 0. The van der Waals surface area contributed by atoms with Gasteiger partial charge in [-0.25, -0.2) is 8.78 Å². The van der Waals surface area contributed by atoms with Crippen molar-refractivity contribution in [2.75, 3.05) is 0 Å². The number of ketones is 1. The minimum absolute atomic E-state index is 0.234. The molecular formula is C15H11BrF2O. The highest BCUT2D eigenvalue weighted by molar-refractivity contribution is 9.10. The molecule has 0 N–H and O–H groups in total. The van der Waals surface area contributed by atoms with Gasteiger partial charge < -0.3 is 0 Å². The molecule has 1 nitrogen and oxygen atoms in total. The highest BCUT2D eigenvalue weighted by Gasteiger charge is 2.18. The summed E-state index contributed by atoms with van der Waals surface area (Å²) in [5, 5.41) is 0. The van der Waals surface area contributed by atoms with Crippen LogP contribution in [-0.4, -0.2) is 5.78 Å². The van der Waals surface area contributed by atoms with Gasteiger partial charge in [0, 0.05) is 15.6 Å². The topological polar surface area (TPSA) is 17.1 Å². The third kappa shape index (κ3) is 2.73. The quantitative estimate of drug-likeness (QED) is 0.739. The predicted octanol–water partition coefficient (Wildman–Crippen LogP) is 4.58. The Morgan fingerprint density at radius 3 is 2.16 bits per heavy atom. The first kappa shape index (κ1) is 13.9. The average molecular weight is 325 g/mol. The molecule has 0 bridgehead atoms. The van der Waals surface area contributed by atoms with Gasteiger partial charge in [0.15, 0.2) is 5.78 Å². The molecule has 4 heteroatoms. The lowest BCUT2D eigenvalue weighted by molar-refractivity contribution is 0.103. The first-order valence-electron chi connectivity index (χ1n) is 5.66. The zero-order valence-corrected chi connectivity index (χ0v) is 12.0. The molecule has 2 aromatic rings. The van der Waals surface area contributed by atoms with E-state index in [4.69, 9.17) is 0 Å². The zero-order chi connectivity index (χ0) is 14.2. The van der Waals surface area contributed by atoms with Crippen LogP contribution in [0.4, 0.5) is 8.78 Å². The molecule has 0 saturated heterocycles. The van der Waals surface area contributed by atoms with Gasteiger partial charge in [0.2, 0.25) is 0 Å². The Bertz CT molecular complexity index is 642. The first-order valence-corrected chi connectivity index (χ1v) is 6.46. The molecular weight excluding hydrogens is 314 g/mol. The van der Waals surface area contributed by atoms with Crippen molar-refractivity contribution < 1.29 is 13.6 Å². The highest BCUT2D eigenvalue weighted by Crippen LogP contribution is 2.25. The summed E-state index contributed by atoms with van der Waals surface area (Å²) in [5.41, 5.74) is 1.72. The second-order valence-corrected chi connectivity index (χ2v) is 5.22. The number of carbonyl (C=O) groups is 1. The Morgan fingerprint density at radius 2 is 1.58 bits per heavy atom. The Morgan fingerprint density at radius 1 is 1.00 bits per heavy atom. The van der Waals surface area contributed by atoms with Gasteiger partial charge in [-0.05, 0) is 55.3 Å². The van der Waals surface area contributed by atoms with E-state index in [2.05, 4.69) is 15.9 Å². The minimum Gasteiger partial charge on any atom is -0.289 e. The van der Waals surface area contributed by atoms with Gasteiger partial charge in [0.1, 0.15) is 11.6 Å². The van der Waals surface area contributed by atoms with Crippen LogP contribution in [0.3, 0.4) is 0 Å². The van der Waals surface area contributed by atoms with Crippen molar-refractivity contribution in [3.05, 3.63) is 68.7 Å². The fourth-order valence-corrected chi connectivity index (χ4v) is 2.50. The molecule has 0 saturated carbocycles. The molecule has 0 aliphatic rings. The zero-order valence-electron chi connectivity index (χ0n) is 10.4. The molecule has 0 aliphatic carbocycles. The van der Waals surface area contributed by atoms with E-state index in [1.807, 2.05) is 0 Å². The van der Waals surface area contributed by atoms with Crippen LogP contribution in [0.1, 0.15) is 27.0 Å². The summed E-state index contributed by atoms with van der Waals surface area (Å²) >= 11 is 3.23. The van der Waals surface area contributed by atoms with E-state index in [9.17, 15) is 13.6 Å². The third-order valence-corrected chi connectivity index (χ3v) is 3.59. The maximum absolute atomic E-state index is 13.3. The monoisotopic (exact) mass is 324 g/mol. The van der Waals surface area contributed by atoms with Gasteiger partial charge in [0.05, 0.1) is 0 Å². The molecule has 0 spiro atoms. The van der Waals surface area contributed by atoms with Gasteiger partial charge in [-0.15, -0.1) is 0 Å². The molecule has 0 amide bonds. The number of hydrogen-bond donors (Lipinski definition) is 0. The Balaban J connectivity index is 2.59. The van der Waals surface area contributed by atoms with Crippen LogP contribution in [0.5, 0.6) is 0 Å². The second kappa shape index (κ2) is 5.21. The maximum Gasteiger partial charge on any atom is 0.194 e. The summed E-state index contributed by atoms with van der Waals surface area (Å²) in [6.45, 7) is 3.33. The SMILES string of the molecule is Cc1cc(F)cc(C)c1C(=O)c1cc(F)ccc1Br. The molecule has 2 aromatic carbocycles. The Labute approximate surface area is 118 Å². The van der Waals surface area contributed by atoms with E-state index in [1.165, 1.54) is 30.3 Å². The van der Waals surface area contributed by atoms with Crippen molar-refractivity contribution in [1.29, 1.82) is 0 Å². The van der Waals surface area contributed by atoms with Crippen molar-refractivity contribution >= 4 is 21.7 Å². The molecule has 0 fully saturated rings. The van der Waals surface area contributed by atoms with E-state index < -0.39 is 5.82 Å². The molecule has 19 heavy (non-hydrogen) atoms. The molecule has 2 rings (SSSR count). The van der Waals surface area contributed by atoms with Crippen molar-refractivity contribution in [3.63, 3.8) is 0 Å². The van der Waals surface area contributed by atoms with Gasteiger partial charge >= 0.3 is 0 Å². The van der Waals surface area contributed by atoms with Crippen molar-refractivity contribution in [3.8, 4) is 0 Å². The summed E-state index contributed by atoms with van der Waals surface area (Å²) in [4.78, 5) is 12.5. The van der Waals surface area contributed by atoms with Gasteiger partial charge in [-0.2, -0.15) is 0 Å². The fourth-order valence-electron chi connectivity index (χ4n) is 2.07. The number of benzene rings is 2. The molecule has 0 atom stereocenters. The normalized spacial score (nSPS) is 10.6. The number of hydrogen-bond acceptors (Lipinski definition) is 1. The molecule has 0 aliphatic heterocycles. The standard InChI is InChI=1S/C15H11BrF2O/c1-8-5-11(18)6-9(2)14(8)15(19)12-7-10(17)3-4-13(12)16/h3-7H,1-2H3. The molecule has 0 heterocycles. The van der Waals surface area contributed by atoms with Gasteiger partial charge in [0.25, 0.3) is 0 Å². The van der Waals surface area contributed by atoms with E-state index in [0.717, 1.165) is 0 Å². The summed E-state index contributed by atoms with van der Waals surface area (Å²) in [6, 6.07) is 6.53. The van der Waals surface area contributed by atoms with E-state index in [-0.39, 0.29) is 17.2 Å². The summed E-state index contributed by atoms with van der Waals surface area (Å²) in [7, 11) is 0. The van der Waals surface area contributed by atoms with Crippen LogP contribution >= 0.6 is 15.9 Å². The van der Waals surface area contributed by atoms with Crippen molar-refractivity contribution in [1.82, 2.24) is 0 Å². The summed E-state index contributed by atoms with van der Waals surface area (Å²) < 4.78 is 27.0. The lowest BCUT2D eigenvalue weighted by Crippen LogP contribution is -2.08. The highest BCUT2D eigenvalue weighted by atomic mass is 79.9. The van der Waals surface area contributed by atoms with Crippen molar-refractivity contribution in [2.24, 2.45) is 0 Å². The number of aryl methyl sites for hydroxylation is 2. The second-order valence-electron chi connectivity index (χ2n) is 4.37. The smallest absolute Gasteiger partial charge is 0.194 e. The molecule has 98 valence electrons. The predicted molar refractivity (Wildman–Crippen MR) is 73.4 cm³/mol. The Hall–Kier alpha value is -1.55. The van der Waals surface area contributed by atoms with Crippen LogP contribution < -0.4 is 0 Å². The van der Waals surface area contributed by atoms with Crippen LogP contribution in [0, 0.1) is 25.5 Å². The molecule has 0 radical (unpaired) electrons. The number of rotatable bonds is 2. The van der Waals surface area contributed by atoms with E-state index in [0.29, 0.717) is 21.2 Å². The van der Waals surface area contributed by atoms with E-state index >= 15 is 0 Å². The van der Waals surface area contributed by atoms with Crippen LogP contribution in [0.2, 0.25) is 0 Å².